The first-order valence-electron chi connectivity index (χ1n) is 8.54. The van der Waals surface area contributed by atoms with E-state index in [4.69, 9.17) is 9.47 Å². The molecule has 0 saturated carbocycles. The molecule has 0 fully saturated rings. The number of carbonyl (C=O) groups excluding carboxylic acids is 1. The van der Waals surface area contributed by atoms with Crippen LogP contribution in [0.4, 0.5) is 0 Å². The summed E-state index contributed by atoms with van der Waals surface area (Å²) in [5.74, 6) is 1.29. The highest BCUT2D eigenvalue weighted by molar-refractivity contribution is 5.95. The molecule has 0 saturated heterocycles. The molecule has 2 aromatic carbocycles. The first-order valence-corrected chi connectivity index (χ1v) is 8.54. The quantitative estimate of drug-likeness (QED) is 0.836. The van der Waals surface area contributed by atoms with Gasteiger partial charge in [0.25, 0.3) is 5.91 Å². The Morgan fingerprint density at radius 1 is 1.00 bits per heavy atom. The zero-order valence-corrected chi connectivity index (χ0v) is 15.8. The monoisotopic (exact) mass is 341 g/mol. The van der Waals surface area contributed by atoms with Crippen LogP contribution in [-0.2, 0) is 0 Å². The lowest BCUT2D eigenvalue weighted by molar-refractivity contribution is 0.0939. The Morgan fingerprint density at radius 3 is 2.32 bits per heavy atom. The van der Waals surface area contributed by atoms with E-state index in [1.807, 2.05) is 71.0 Å². The molecule has 1 unspecified atom stereocenters. The molecule has 4 heteroatoms. The first-order chi connectivity index (χ1) is 11.8. The van der Waals surface area contributed by atoms with E-state index in [-0.39, 0.29) is 18.1 Å². The molecule has 1 amide bonds. The van der Waals surface area contributed by atoms with Gasteiger partial charge < -0.3 is 14.8 Å². The number of amides is 1. The van der Waals surface area contributed by atoms with Crippen LogP contribution in [0.2, 0.25) is 0 Å². The van der Waals surface area contributed by atoms with Crippen LogP contribution in [0.1, 0.15) is 53.9 Å². The Balaban J connectivity index is 2.17. The van der Waals surface area contributed by atoms with Crippen molar-refractivity contribution in [3.05, 3.63) is 58.7 Å². The normalized spacial score (nSPS) is 12.0. The molecule has 134 valence electrons. The second kappa shape index (κ2) is 8.06. The molecule has 0 heterocycles. The third-order valence-corrected chi connectivity index (χ3v) is 4.02. The van der Waals surface area contributed by atoms with Crippen molar-refractivity contribution in [3.63, 3.8) is 0 Å². The summed E-state index contributed by atoms with van der Waals surface area (Å²) >= 11 is 0. The number of aryl methyl sites for hydroxylation is 2. The number of hydrogen-bond acceptors (Lipinski definition) is 3. The van der Waals surface area contributed by atoms with Crippen molar-refractivity contribution in [2.75, 3.05) is 7.11 Å². The van der Waals surface area contributed by atoms with Crippen LogP contribution in [0.3, 0.4) is 0 Å². The number of benzene rings is 2. The molecule has 0 bridgehead atoms. The number of ether oxygens (including phenoxy) is 2. The lowest BCUT2D eigenvalue weighted by Gasteiger charge is -2.19. The van der Waals surface area contributed by atoms with E-state index in [0.717, 1.165) is 16.7 Å². The molecule has 0 aromatic heterocycles. The van der Waals surface area contributed by atoms with Gasteiger partial charge in [-0.1, -0.05) is 23.8 Å². The number of carbonyl (C=O) groups is 1. The SMILES string of the molecule is COc1cc(C(C)NC(=O)c2ccc(C)cc2C)ccc1OC(C)C. The van der Waals surface area contributed by atoms with Gasteiger partial charge in [0.05, 0.1) is 19.3 Å². The standard InChI is InChI=1S/C21H27NO3/c1-13(2)25-19-10-8-17(12-20(19)24-6)16(5)22-21(23)18-9-7-14(3)11-15(18)4/h7-13,16H,1-6H3,(H,22,23). The number of methoxy groups -OCH3 is 1. The topological polar surface area (TPSA) is 47.6 Å². The van der Waals surface area contributed by atoms with E-state index < -0.39 is 0 Å². The number of nitrogens with one attached hydrogen (secondary N) is 1. The van der Waals surface area contributed by atoms with E-state index in [2.05, 4.69) is 5.32 Å². The van der Waals surface area contributed by atoms with Gasteiger partial charge in [-0.25, -0.2) is 0 Å². The van der Waals surface area contributed by atoms with Crippen LogP contribution in [0.5, 0.6) is 11.5 Å². The van der Waals surface area contributed by atoms with Crippen molar-refractivity contribution >= 4 is 5.91 Å². The zero-order valence-electron chi connectivity index (χ0n) is 15.8. The summed E-state index contributed by atoms with van der Waals surface area (Å²) in [5, 5.41) is 3.05. The van der Waals surface area contributed by atoms with E-state index in [9.17, 15) is 4.79 Å². The highest BCUT2D eigenvalue weighted by atomic mass is 16.5. The highest BCUT2D eigenvalue weighted by Gasteiger charge is 2.16. The minimum atomic E-state index is -0.143. The Hall–Kier alpha value is -2.49. The fourth-order valence-corrected chi connectivity index (χ4v) is 2.73. The third-order valence-electron chi connectivity index (χ3n) is 4.02. The average Bonchev–Trinajstić information content (AvgIpc) is 2.54. The molecule has 1 N–H and O–H groups in total. The van der Waals surface area contributed by atoms with Crippen LogP contribution in [0, 0.1) is 13.8 Å². The van der Waals surface area contributed by atoms with Gasteiger partial charge in [-0.2, -0.15) is 0 Å². The average molecular weight is 341 g/mol. The Kier molecular flexibility index (Phi) is 6.07. The molecule has 1 atom stereocenters. The van der Waals surface area contributed by atoms with Crippen LogP contribution < -0.4 is 14.8 Å². The molecule has 0 spiro atoms. The molecule has 2 rings (SSSR count). The Morgan fingerprint density at radius 2 is 1.72 bits per heavy atom. The largest absolute Gasteiger partial charge is 0.493 e. The smallest absolute Gasteiger partial charge is 0.252 e. The maximum atomic E-state index is 12.6. The summed E-state index contributed by atoms with van der Waals surface area (Å²) in [7, 11) is 1.62. The molecule has 25 heavy (non-hydrogen) atoms. The van der Waals surface area contributed by atoms with Crippen LogP contribution >= 0.6 is 0 Å². The maximum Gasteiger partial charge on any atom is 0.252 e. The second-order valence-electron chi connectivity index (χ2n) is 6.59. The summed E-state index contributed by atoms with van der Waals surface area (Å²) in [6.45, 7) is 9.87. The Labute approximate surface area is 150 Å². The molecule has 0 aliphatic carbocycles. The van der Waals surface area contributed by atoms with Gasteiger partial charge in [-0.05, 0) is 63.9 Å². The summed E-state index contributed by atoms with van der Waals surface area (Å²) in [5.41, 5.74) is 3.78. The molecule has 4 nitrogen and oxygen atoms in total. The van der Waals surface area contributed by atoms with E-state index in [1.54, 1.807) is 7.11 Å². The summed E-state index contributed by atoms with van der Waals surface area (Å²) in [6, 6.07) is 11.4. The number of rotatable bonds is 6. The van der Waals surface area contributed by atoms with Gasteiger partial charge in [-0.3, -0.25) is 4.79 Å². The van der Waals surface area contributed by atoms with Crippen molar-refractivity contribution in [3.8, 4) is 11.5 Å². The first kappa shape index (κ1) is 18.8. The van der Waals surface area contributed by atoms with Crippen LogP contribution in [-0.4, -0.2) is 19.1 Å². The lowest BCUT2D eigenvalue weighted by atomic mass is 10.0. The molecular formula is C21H27NO3. The maximum absolute atomic E-state index is 12.6. The predicted molar refractivity (Wildman–Crippen MR) is 101 cm³/mol. The summed E-state index contributed by atoms with van der Waals surface area (Å²) in [6.07, 6.45) is 0.0707. The van der Waals surface area contributed by atoms with Crippen molar-refractivity contribution in [1.29, 1.82) is 0 Å². The van der Waals surface area contributed by atoms with E-state index in [0.29, 0.717) is 17.1 Å². The van der Waals surface area contributed by atoms with Gasteiger partial charge in [0.15, 0.2) is 11.5 Å². The van der Waals surface area contributed by atoms with Crippen LogP contribution in [0.25, 0.3) is 0 Å². The van der Waals surface area contributed by atoms with Crippen molar-refractivity contribution in [2.24, 2.45) is 0 Å². The molecule has 0 aliphatic rings. The van der Waals surface area contributed by atoms with Crippen LogP contribution in [0.15, 0.2) is 36.4 Å². The third kappa shape index (κ3) is 4.75. The molecule has 0 radical (unpaired) electrons. The molecule has 0 aliphatic heterocycles. The molecule has 2 aromatic rings. The fourth-order valence-electron chi connectivity index (χ4n) is 2.73. The summed E-state index contributed by atoms with van der Waals surface area (Å²) in [4.78, 5) is 12.6. The zero-order chi connectivity index (χ0) is 18.6. The van der Waals surface area contributed by atoms with Gasteiger partial charge in [0.1, 0.15) is 0 Å². The minimum absolute atomic E-state index is 0.0707. The lowest BCUT2D eigenvalue weighted by Crippen LogP contribution is -2.27. The second-order valence-corrected chi connectivity index (χ2v) is 6.59. The van der Waals surface area contributed by atoms with Gasteiger partial charge in [-0.15, -0.1) is 0 Å². The Bertz CT molecular complexity index is 753. The van der Waals surface area contributed by atoms with Gasteiger partial charge in [0.2, 0.25) is 0 Å². The fraction of sp³-hybridized carbons (Fsp3) is 0.381. The van der Waals surface area contributed by atoms with Crippen molar-refractivity contribution in [1.82, 2.24) is 5.32 Å². The van der Waals surface area contributed by atoms with E-state index in [1.165, 1.54) is 0 Å². The highest BCUT2D eigenvalue weighted by Crippen LogP contribution is 2.31. The minimum Gasteiger partial charge on any atom is -0.493 e. The number of hydrogen-bond donors (Lipinski definition) is 1. The van der Waals surface area contributed by atoms with Gasteiger partial charge >= 0.3 is 0 Å². The van der Waals surface area contributed by atoms with Crippen molar-refractivity contribution < 1.29 is 14.3 Å². The summed E-state index contributed by atoms with van der Waals surface area (Å²) < 4.78 is 11.2. The van der Waals surface area contributed by atoms with Crippen molar-refractivity contribution in [2.45, 2.75) is 46.8 Å². The molecular weight excluding hydrogens is 314 g/mol. The predicted octanol–water partition coefficient (Wildman–Crippen LogP) is 4.59. The van der Waals surface area contributed by atoms with Gasteiger partial charge in [0, 0.05) is 5.56 Å². The van der Waals surface area contributed by atoms with E-state index >= 15 is 0 Å².